The summed E-state index contributed by atoms with van der Waals surface area (Å²) in [6.07, 6.45) is 1.38. The maximum Gasteiger partial charge on any atom is 0.200 e. The number of benzene rings is 3. The predicted octanol–water partition coefficient (Wildman–Crippen LogP) is 4.87. The Bertz CT molecular complexity index is 1280. The van der Waals surface area contributed by atoms with Crippen LogP contribution in [0.1, 0.15) is 10.4 Å². The molecule has 0 amide bonds. The Labute approximate surface area is 171 Å². The summed E-state index contributed by atoms with van der Waals surface area (Å²) in [6, 6.07) is 17.2. The Hall–Kier alpha value is -3.93. The fourth-order valence-corrected chi connectivity index (χ4v) is 3.12. The van der Waals surface area contributed by atoms with E-state index in [1.807, 2.05) is 12.1 Å². The molecule has 0 unspecified atom stereocenters. The fraction of sp³-hybridized carbons (Fsp3) is 0.0833. The largest absolute Gasteiger partial charge is 0.496 e. The molecular formula is C24H17FO5. The second kappa shape index (κ2) is 8.21. The number of Topliss-reactive ketones (excluding diaryl/α,β-unsaturated/α-hetero) is 1. The number of rotatable bonds is 6. The van der Waals surface area contributed by atoms with Crippen LogP contribution >= 0.6 is 0 Å². The van der Waals surface area contributed by atoms with E-state index in [1.54, 1.807) is 37.4 Å². The van der Waals surface area contributed by atoms with Crippen LogP contribution < -0.4 is 14.9 Å². The summed E-state index contributed by atoms with van der Waals surface area (Å²) >= 11 is 0. The third-order valence-electron chi connectivity index (χ3n) is 4.68. The van der Waals surface area contributed by atoms with Gasteiger partial charge in [0.25, 0.3) is 0 Å². The van der Waals surface area contributed by atoms with Crippen molar-refractivity contribution in [3.05, 3.63) is 94.6 Å². The molecule has 0 atom stereocenters. The second-order valence-electron chi connectivity index (χ2n) is 6.56. The molecule has 0 aliphatic heterocycles. The standard InChI is InChI=1S/C24H17FO5/c1-28-22-5-3-2-4-18(22)20-13-30-23-12-17(10-11-19(23)24(20)27)29-14-21(26)15-6-8-16(25)9-7-15/h2-13H,14H2,1H3. The zero-order valence-electron chi connectivity index (χ0n) is 16.1. The van der Waals surface area contributed by atoms with Crippen LogP contribution in [-0.2, 0) is 0 Å². The van der Waals surface area contributed by atoms with Gasteiger partial charge in [-0.3, -0.25) is 9.59 Å². The molecule has 0 N–H and O–H groups in total. The number of halogens is 1. The Morgan fingerprint density at radius 3 is 2.53 bits per heavy atom. The molecule has 5 nitrogen and oxygen atoms in total. The van der Waals surface area contributed by atoms with Crippen molar-refractivity contribution in [1.29, 1.82) is 0 Å². The average molecular weight is 404 g/mol. The summed E-state index contributed by atoms with van der Waals surface area (Å²) in [5.74, 6) is 0.252. The molecule has 0 radical (unpaired) electrons. The SMILES string of the molecule is COc1ccccc1-c1coc2cc(OCC(=O)c3ccc(F)cc3)ccc2c1=O. The van der Waals surface area contributed by atoms with Gasteiger partial charge in [0.05, 0.1) is 18.1 Å². The van der Waals surface area contributed by atoms with Crippen molar-refractivity contribution in [3.8, 4) is 22.6 Å². The monoisotopic (exact) mass is 404 g/mol. The number of carbonyl (C=O) groups excluding carboxylic acids is 1. The topological polar surface area (TPSA) is 65.7 Å². The molecule has 0 saturated heterocycles. The summed E-state index contributed by atoms with van der Waals surface area (Å²) in [4.78, 5) is 25.1. The lowest BCUT2D eigenvalue weighted by atomic mass is 10.0. The molecular weight excluding hydrogens is 387 g/mol. The normalized spacial score (nSPS) is 10.7. The van der Waals surface area contributed by atoms with E-state index in [-0.39, 0.29) is 17.8 Å². The van der Waals surface area contributed by atoms with E-state index < -0.39 is 5.82 Å². The molecule has 1 aromatic heterocycles. The molecule has 4 aromatic rings. The van der Waals surface area contributed by atoms with E-state index in [1.165, 1.54) is 30.5 Å². The van der Waals surface area contributed by atoms with Gasteiger partial charge in [-0.15, -0.1) is 0 Å². The van der Waals surface area contributed by atoms with Gasteiger partial charge in [0.1, 0.15) is 29.2 Å². The second-order valence-corrected chi connectivity index (χ2v) is 6.56. The van der Waals surface area contributed by atoms with Gasteiger partial charge in [0.2, 0.25) is 5.43 Å². The molecule has 0 fully saturated rings. The highest BCUT2D eigenvalue weighted by Gasteiger charge is 2.14. The third kappa shape index (κ3) is 3.80. The maximum atomic E-state index is 13.0. The molecule has 0 aliphatic rings. The van der Waals surface area contributed by atoms with E-state index in [9.17, 15) is 14.0 Å². The van der Waals surface area contributed by atoms with Crippen molar-refractivity contribution in [1.82, 2.24) is 0 Å². The van der Waals surface area contributed by atoms with Crippen LogP contribution in [0.3, 0.4) is 0 Å². The summed E-state index contributed by atoms with van der Waals surface area (Å²) < 4.78 is 29.5. The van der Waals surface area contributed by atoms with Gasteiger partial charge in [-0.1, -0.05) is 18.2 Å². The Kier molecular flexibility index (Phi) is 5.30. The number of ether oxygens (including phenoxy) is 2. The molecule has 1 heterocycles. The van der Waals surface area contributed by atoms with Crippen LogP contribution in [-0.4, -0.2) is 19.5 Å². The highest BCUT2D eigenvalue weighted by atomic mass is 19.1. The molecule has 30 heavy (non-hydrogen) atoms. The number of hydrogen-bond donors (Lipinski definition) is 0. The first-order chi connectivity index (χ1) is 14.6. The van der Waals surface area contributed by atoms with Crippen molar-refractivity contribution in [2.75, 3.05) is 13.7 Å². The third-order valence-corrected chi connectivity index (χ3v) is 4.68. The zero-order valence-corrected chi connectivity index (χ0v) is 16.1. The first-order valence-corrected chi connectivity index (χ1v) is 9.17. The van der Waals surface area contributed by atoms with Gasteiger partial charge in [-0.25, -0.2) is 4.39 Å². The van der Waals surface area contributed by atoms with Crippen molar-refractivity contribution in [2.24, 2.45) is 0 Å². The molecule has 0 saturated carbocycles. The van der Waals surface area contributed by atoms with Crippen LogP contribution in [0.15, 0.2) is 82.2 Å². The number of ketones is 1. The number of fused-ring (bicyclic) bond motifs is 1. The highest BCUT2D eigenvalue weighted by Crippen LogP contribution is 2.29. The minimum Gasteiger partial charge on any atom is -0.496 e. The van der Waals surface area contributed by atoms with E-state index in [0.717, 1.165) is 0 Å². The highest BCUT2D eigenvalue weighted by molar-refractivity contribution is 5.97. The first-order valence-electron chi connectivity index (χ1n) is 9.17. The van der Waals surface area contributed by atoms with Crippen molar-refractivity contribution in [2.45, 2.75) is 0 Å². The van der Waals surface area contributed by atoms with Crippen LogP contribution in [0, 0.1) is 5.82 Å². The van der Waals surface area contributed by atoms with Crippen LogP contribution in [0.5, 0.6) is 11.5 Å². The van der Waals surface area contributed by atoms with E-state index in [2.05, 4.69) is 0 Å². The van der Waals surface area contributed by atoms with Crippen molar-refractivity contribution >= 4 is 16.8 Å². The van der Waals surface area contributed by atoms with Gasteiger partial charge in [0.15, 0.2) is 12.4 Å². The Morgan fingerprint density at radius 1 is 1.00 bits per heavy atom. The quantitative estimate of drug-likeness (QED) is 0.429. The minimum absolute atomic E-state index is 0.199. The lowest BCUT2D eigenvalue weighted by molar-refractivity contribution is 0.0921. The first kappa shape index (κ1) is 19.4. The molecule has 150 valence electrons. The Morgan fingerprint density at radius 2 is 1.77 bits per heavy atom. The van der Waals surface area contributed by atoms with Gasteiger partial charge in [-0.05, 0) is 42.5 Å². The van der Waals surface area contributed by atoms with Gasteiger partial charge in [-0.2, -0.15) is 0 Å². The van der Waals surface area contributed by atoms with Crippen LogP contribution in [0.25, 0.3) is 22.1 Å². The zero-order chi connectivity index (χ0) is 21.1. The summed E-state index contributed by atoms with van der Waals surface area (Å²) in [7, 11) is 1.54. The predicted molar refractivity (Wildman–Crippen MR) is 111 cm³/mol. The molecule has 3 aromatic carbocycles. The summed E-state index contributed by atoms with van der Waals surface area (Å²) in [5, 5.41) is 0.385. The van der Waals surface area contributed by atoms with Gasteiger partial charge >= 0.3 is 0 Å². The fourth-order valence-electron chi connectivity index (χ4n) is 3.12. The smallest absolute Gasteiger partial charge is 0.200 e. The van der Waals surface area contributed by atoms with Gasteiger partial charge < -0.3 is 13.9 Å². The molecule has 0 aliphatic carbocycles. The number of hydrogen-bond acceptors (Lipinski definition) is 5. The van der Waals surface area contributed by atoms with Crippen LogP contribution in [0.4, 0.5) is 4.39 Å². The molecule has 0 bridgehead atoms. The summed E-state index contributed by atoms with van der Waals surface area (Å²) in [5.41, 5.74) is 1.52. The maximum absolute atomic E-state index is 13.0. The van der Waals surface area contributed by atoms with Crippen LogP contribution in [0.2, 0.25) is 0 Å². The molecule has 6 heteroatoms. The molecule has 0 spiro atoms. The molecule has 4 rings (SSSR count). The number of methoxy groups -OCH3 is 1. The van der Waals surface area contributed by atoms with E-state index in [4.69, 9.17) is 13.9 Å². The van der Waals surface area contributed by atoms with Gasteiger partial charge in [0, 0.05) is 17.2 Å². The Balaban J connectivity index is 1.59. The lowest BCUT2D eigenvalue weighted by Gasteiger charge is -2.09. The minimum atomic E-state index is -0.412. The van der Waals surface area contributed by atoms with Crippen molar-refractivity contribution < 1.29 is 23.1 Å². The lowest BCUT2D eigenvalue weighted by Crippen LogP contribution is -2.12. The number of para-hydroxylation sites is 1. The average Bonchev–Trinajstić information content (AvgIpc) is 2.78. The summed E-state index contributed by atoms with van der Waals surface area (Å²) in [6.45, 7) is -0.222. The number of carbonyl (C=O) groups is 1. The van der Waals surface area contributed by atoms with E-state index >= 15 is 0 Å². The van der Waals surface area contributed by atoms with Crippen molar-refractivity contribution in [3.63, 3.8) is 0 Å². The van der Waals surface area contributed by atoms with E-state index in [0.29, 0.717) is 39.2 Å².